The number of unbranched alkanes of at least 4 members (excludes halogenated alkanes) is 3. The van der Waals surface area contributed by atoms with Crippen molar-refractivity contribution < 1.29 is 18.6 Å². The predicted molar refractivity (Wildman–Crippen MR) is 90.4 cm³/mol. The van der Waals surface area contributed by atoms with Crippen LogP contribution in [-0.4, -0.2) is 45.8 Å². The third kappa shape index (κ3) is 6.74. The van der Waals surface area contributed by atoms with Crippen LogP contribution in [0.25, 0.3) is 0 Å². The first-order chi connectivity index (χ1) is 11.2. The largest absolute Gasteiger partial charge is 0.381 e. The van der Waals surface area contributed by atoms with E-state index in [4.69, 9.17) is 14.2 Å². The van der Waals surface area contributed by atoms with Crippen molar-refractivity contribution in [2.24, 2.45) is 5.41 Å². The Hall–Kier alpha value is -0.710. The molecule has 0 aromatic rings. The molecule has 132 valence electrons. The van der Waals surface area contributed by atoms with Crippen LogP contribution in [0, 0.1) is 5.41 Å². The van der Waals surface area contributed by atoms with Gasteiger partial charge in [0.05, 0.1) is 26.4 Å². The lowest BCUT2D eigenvalue weighted by atomic mass is 9.84. The number of hydrogen-bond acceptors (Lipinski definition) is 3. The Morgan fingerprint density at radius 3 is 2.48 bits per heavy atom. The molecular weight excluding hydrogens is 295 g/mol. The summed E-state index contributed by atoms with van der Waals surface area (Å²) in [5.41, 5.74) is 1.40. The van der Waals surface area contributed by atoms with Crippen LogP contribution in [0.4, 0.5) is 4.39 Å². The van der Waals surface area contributed by atoms with Crippen molar-refractivity contribution in [1.29, 1.82) is 0 Å². The van der Waals surface area contributed by atoms with Crippen LogP contribution >= 0.6 is 0 Å². The Bertz CT molecular complexity index is 383. The molecule has 1 aliphatic heterocycles. The number of alkyl halides is 1. The van der Waals surface area contributed by atoms with Crippen LogP contribution in [-0.2, 0) is 14.2 Å². The van der Waals surface area contributed by atoms with Gasteiger partial charge in [-0.25, -0.2) is 4.39 Å². The molecule has 0 bridgehead atoms. The van der Waals surface area contributed by atoms with Crippen LogP contribution in [0.5, 0.6) is 0 Å². The van der Waals surface area contributed by atoms with Crippen LogP contribution < -0.4 is 0 Å². The lowest BCUT2D eigenvalue weighted by molar-refractivity contribution is -0.150. The van der Waals surface area contributed by atoms with Gasteiger partial charge in [0.25, 0.3) is 0 Å². The maximum Gasteiger partial charge on any atom is 0.122 e. The Morgan fingerprint density at radius 1 is 1.17 bits per heavy atom. The molecule has 0 spiro atoms. The quantitative estimate of drug-likeness (QED) is 0.502. The number of ether oxygens (including phenoxy) is 3. The maximum atomic E-state index is 12.9. The summed E-state index contributed by atoms with van der Waals surface area (Å²) in [7, 11) is 0. The summed E-state index contributed by atoms with van der Waals surface area (Å²) < 4.78 is 29.6. The molecule has 0 N–H and O–H groups in total. The second kappa shape index (κ2) is 10.2. The third-order valence-corrected chi connectivity index (χ3v) is 4.70. The molecule has 2 aliphatic rings. The second-order valence-electron chi connectivity index (χ2n) is 6.76. The van der Waals surface area contributed by atoms with E-state index in [0.717, 1.165) is 57.9 Å². The van der Waals surface area contributed by atoms with E-state index < -0.39 is 6.17 Å². The molecule has 2 rings (SSSR count). The van der Waals surface area contributed by atoms with Crippen LogP contribution in [0.1, 0.15) is 45.4 Å². The molecule has 0 amide bonds. The standard InChI is InChI=1S/C19H31FO3/c1-2-19(15-23-16-19)14-22-12-6-4-3-5-11-21-13-17-7-9-18(20)10-8-17/h7-9,18H,2-6,10-16H2,1H3. The Kier molecular flexibility index (Phi) is 8.27. The zero-order valence-corrected chi connectivity index (χ0v) is 14.4. The fourth-order valence-corrected chi connectivity index (χ4v) is 2.77. The van der Waals surface area contributed by atoms with Gasteiger partial charge in [0.15, 0.2) is 0 Å². The summed E-state index contributed by atoms with van der Waals surface area (Å²) in [4.78, 5) is 0. The van der Waals surface area contributed by atoms with E-state index in [9.17, 15) is 4.39 Å². The molecule has 23 heavy (non-hydrogen) atoms. The van der Waals surface area contributed by atoms with E-state index in [-0.39, 0.29) is 0 Å². The van der Waals surface area contributed by atoms with Crippen molar-refractivity contribution >= 4 is 0 Å². The molecule has 1 aliphatic carbocycles. The van der Waals surface area contributed by atoms with E-state index in [2.05, 4.69) is 6.92 Å². The Morgan fingerprint density at radius 2 is 1.91 bits per heavy atom. The highest BCUT2D eigenvalue weighted by Crippen LogP contribution is 2.31. The maximum absolute atomic E-state index is 12.9. The van der Waals surface area contributed by atoms with E-state index in [1.165, 1.54) is 12.8 Å². The first-order valence-electron chi connectivity index (χ1n) is 8.99. The van der Waals surface area contributed by atoms with Gasteiger partial charge in [-0.15, -0.1) is 0 Å². The SMILES string of the molecule is CCC1(COCCCCCCOCC2=CCC(F)C=C2)COC1. The summed E-state index contributed by atoms with van der Waals surface area (Å²) in [6.07, 6.45) is 10.7. The number of allylic oxidation sites excluding steroid dienone is 2. The highest BCUT2D eigenvalue weighted by molar-refractivity contribution is 5.24. The van der Waals surface area contributed by atoms with Crippen LogP contribution in [0.2, 0.25) is 0 Å². The van der Waals surface area contributed by atoms with Crippen molar-refractivity contribution in [1.82, 2.24) is 0 Å². The van der Waals surface area contributed by atoms with E-state index >= 15 is 0 Å². The minimum atomic E-state index is -0.815. The minimum absolute atomic E-state index is 0.304. The molecular formula is C19H31FO3. The van der Waals surface area contributed by atoms with Crippen molar-refractivity contribution in [3.63, 3.8) is 0 Å². The highest BCUT2D eigenvalue weighted by Gasteiger charge is 2.36. The van der Waals surface area contributed by atoms with E-state index in [0.29, 0.717) is 18.4 Å². The molecule has 0 aromatic carbocycles. The fraction of sp³-hybridized carbons (Fsp3) is 0.789. The molecule has 1 heterocycles. The third-order valence-electron chi connectivity index (χ3n) is 4.70. The second-order valence-corrected chi connectivity index (χ2v) is 6.76. The van der Waals surface area contributed by atoms with Crippen LogP contribution in [0.3, 0.4) is 0 Å². The van der Waals surface area contributed by atoms with Gasteiger partial charge in [-0.2, -0.15) is 0 Å². The zero-order chi connectivity index (χ0) is 16.4. The topological polar surface area (TPSA) is 27.7 Å². The van der Waals surface area contributed by atoms with Crippen LogP contribution in [0.15, 0.2) is 23.8 Å². The van der Waals surface area contributed by atoms with Gasteiger partial charge < -0.3 is 14.2 Å². The highest BCUT2D eigenvalue weighted by atomic mass is 19.1. The molecule has 4 heteroatoms. The monoisotopic (exact) mass is 326 g/mol. The van der Waals surface area contributed by atoms with Gasteiger partial charge in [0.2, 0.25) is 0 Å². The Labute approximate surface area is 139 Å². The molecule has 1 fully saturated rings. The van der Waals surface area contributed by atoms with Gasteiger partial charge in [-0.3, -0.25) is 0 Å². The van der Waals surface area contributed by atoms with Crippen molar-refractivity contribution in [2.45, 2.75) is 51.6 Å². The van der Waals surface area contributed by atoms with Gasteiger partial charge in [0.1, 0.15) is 6.17 Å². The molecule has 3 nitrogen and oxygen atoms in total. The smallest absolute Gasteiger partial charge is 0.122 e. The molecule has 1 atom stereocenters. The Balaban J connectivity index is 1.35. The summed E-state index contributed by atoms with van der Waals surface area (Å²) in [5.74, 6) is 0. The van der Waals surface area contributed by atoms with Gasteiger partial charge >= 0.3 is 0 Å². The molecule has 1 unspecified atom stereocenters. The van der Waals surface area contributed by atoms with Crippen molar-refractivity contribution in [3.8, 4) is 0 Å². The number of hydrogen-bond donors (Lipinski definition) is 0. The van der Waals surface area contributed by atoms with Crippen molar-refractivity contribution in [3.05, 3.63) is 23.8 Å². The lowest BCUT2D eigenvalue weighted by Gasteiger charge is -2.40. The lowest BCUT2D eigenvalue weighted by Crippen LogP contribution is -2.45. The normalized spacial score (nSPS) is 22.7. The van der Waals surface area contributed by atoms with Gasteiger partial charge in [-0.1, -0.05) is 38.0 Å². The average molecular weight is 326 g/mol. The zero-order valence-electron chi connectivity index (χ0n) is 14.4. The minimum Gasteiger partial charge on any atom is -0.381 e. The molecule has 0 radical (unpaired) electrons. The first-order valence-corrected chi connectivity index (χ1v) is 8.99. The summed E-state index contributed by atoms with van der Waals surface area (Å²) in [6.45, 7) is 7.01. The number of rotatable bonds is 12. The van der Waals surface area contributed by atoms with Gasteiger partial charge in [0, 0.05) is 25.0 Å². The molecule has 1 saturated heterocycles. The summed E-state index contributed by atoms with van der Waals surface area (Å²) in [6, 6.07) is 0. The molecule has 0 aromatic heterocycles. The first kappa shape index (κ1) is 18.6. The number of halogens is 1. The summed E-state index contributed by atoms with van der Waals surface area (Å²) >= 11 is 0. The van der Waals surface area contributed by atoms with E-state index in [1.54, 1.807) is 6.08 Å². The van der Waals surface area contributed by atoms with Gasteiger partial charge in [-0.05, 0) is 24.8 Å². The predicted octanol–water partition coefficient (Wildman–Crippen LogP) is 4.23. The summed E-state index contributed by atoms with van der Waals surface area (Å²) in [5, 5.41) is 0. The average Bonchev–Trinajstić information content (AvgIpc) is 2.53. The fourth-order valence-electron chi connectivity index (χ4n) is 2.77. The van der Waals surface area contributed by atoms with E-state index in [1.807, 2.05) is 12.2 Å². The van der Waals surface area contributed by atoms with Crippen molar-refractivity contribution in [2.75, 3.05) is 39.6 Å². The molecule has 0 saturated carbocycles.